The van der Waals surface area contributed by atoms with Gasteiger partial charge in [-0.25, -0.2) is 15.0 Å². The van der Waals surface area contributed by atoms with E-state index in [1.807, 2.05) is 25.1 Å². The van der Waals surface area contributed by atoms with E-state index in [0.29, 0.717) is 28.3 Å². The Hall–Kier alpha value is -4.34. The standard InChI is InChI=1S/C21H17N7O3/c1-10-3-5-13-14(7-10)26-20(25-13)15-8-16(31-28-15)11(2)24-21(30)18-12-4-6-17(29)27-19(12)23-9-22-18/h3-9,11H,1-2H3,(H,24,30)(H,25,26)(H,22,23,27,29)/t11-/m1/s1. The van der Waals surface area contributed by atoms with Crippen LogP contribution in [0.3, 0.4) is 0 Å². The third kappa shape index (κ3) is 3.44. The van der Waals surface area contributed by atoms with Gasteiger partial charge in [-0.2, -0.15) is 0 Å². The number of H-pyrrole nitrogens is 2. The van der Waals surface area contributed by atoms with Gasteiger partial charge >= 0.3 is 0 Å². The monoisotopic (exact) mass is 415 g/mol. The van der Waals surface area contributed by atoms with Gasteiger partial charge in [0.05, 0.1) is 17.1 Å². The van der Waals surface area contributed by atoms with Crippen LogP contribution in [0.2, 0.25) is 0 Å². The average molecular weight is 415 g/mol. The first-order chi connectivity index (χ1) is 15.0. The summed E-state index contributed by atoms with van der Waals surface area (Å²) in [6.07, 6.45) is 1.23. The first-order valence-corrected chi connectivity index (χ1v) is 9.56. The molecule has 5 aromatic rings. The van der Waals surface area contributed by atoms with E-state index < -0.39 is 11.9 Å². The van der Waals surface area contributed by atoms with E-state index in [0.717, 1.165) is 16.6 Å². The summed E-state index contributed by atoms with van der Waals surface area (Å²) >= 11 is 0. The Bertz CT molecular complexity index is 1500. The largest absolute Gasteiger partial charge is 0.358 e. The van der Waals surface area contributed by atoms with Crippen LogP contribution in [-0.2, 0) is 0 Å². The lowest BCUT2D eigenvalue weighted by atomic mass is 10.2. The smallest absolute Gasteiger partial charge is 0.271 e. The van der Waals surface area contributed by atoms with Crippen LogP contribution in [0.5, 0.6) is 0 Å². The number of benzene rings is 1. The molecule has 0 spiro atoms. The van der Waals surface area contributed by atoms with Crippen LogP contribution in [0.1, 0.15) is 34.8 Å². The molecule has 0 aliphatic rings. The van der Waals surface area contributed by atoms with Crippen LogP contribution in [-0.4, -0.2) is 36.0 Å². The molecule has 0 unspecified atom stereocenters. The maximum atomic E-state index is 12.8. The van der Waals surface area contributed by atoms with E-state index in [4.69, 9.17) is 4.52 Å². The molecule has 10 nitrogen and oxygen atoms in total. The number of hydrogen-bond donors (Lipinski definition) is 3. The molecule has 4 heterocycles. The number of aromatic nitrogens is 6. The Balaban J connectivity index is 1.39. The van der Waals surface area contributed by atoms with Crippen LogP contribution in [0, 0.1) is 6.92 Å². The molecule has 5 rings (SSSR count). The van der Waals surface area contributed by atoms with Crippen LogP contribution >= 0.6 is 0 Å². The summed E-state index contributed by atoms with van der Waals surface area (Å²) in [4.78, 5) is 42.7. The molecule has 3 N–H and O–H groups in total. The van der Waals surface area contributed by atoms with Gasteiger partial charge in [-0.15, -0.1) is 0 Å². The summed E-state index contributed by atoms with van der Waals surface area (Å²) in [7, 11) is 0. The first-order valence-electron chi connectivity index (χ1n) is 9.56. The highest BCUT2D eigenvalue weighted by atomic mass is 16.5. The van der Waals surface area contributed by atoms with Gasteiger partial charge in [0.15, 0.2) is 11.6 Å². The summed E-state index contributed by atoms with van der Waals surface area (Å²) in [6, 6.07) is 10.0. The molecule has 0 saturated heterocycles. The van der Waals surface area contributed by atoms with Crippen molar-refractivity contribution in [3.63, 3.8) is 0 Å². The van der Waals surface area contributed by atoms with Crippen LogP contribution in [0.4, 0.5) is 0 Å². The molecule has 0 saturated carbocycles. The number of amides is 1. The van der Waals surface area contributed by atoms with Gasteiger partial charge in [0.2, 0.25) is 5.56 Å². The molecular weight excluding hydrogens is 398 g/mol. The second-order valence-electron chi connectivity index (χ2n) is 7.22. The van der Waals surface area contributed by atoms with Crippen molar-refractivity contribution >= 4 is 28.0 Å². The van der Waals surface area contributed by atoms with Crippen LogP contribution in [0.25, 0.3) is 33.6 Å². The Morgan fingerprint density at radius 2 is 2.00 bits per heavy atom. The SMILES string of the molecule is Cc1ccc2nc(-c3cc([C@@H](C)NC(=O)c4ncnc5[nH]c(=O)ccc45)on3)[nH]c2c1. The van der Waals surface area contributed by atoms with Gasteiger partial charge < -0.3 is 19.8 Å². The predicted octanol–water partition coefficient (Wildman–Crippen LogP) is 2.65. The van der Waals surface area contributed by atoms with E-state index in [9.17, 15) is 9.59 Å². The Labute approximate surface area is 174 Å². The zero-order valence-corrected chi connectivity index (χ0v) is 16.6. The normalized spacial score (nSPS) is 12.3. The van der Waals surface area contributed by atoms with Crippen LogP contribution < -0.4 is 10.9 Å². The minimum atomic E-state index is -0.479. The van der Waals surface area contributed by atoms with Crippen molar-refractivity contribution in [2.45, 2.75) is 19.9 Å². The van der Waals surface area contributed by atoms with Crippen molar-refractivity contribution in [1.82, 2.24) is 35.4 Å². The summed E-state index contributed by atoms with van der Waals surface area (Å²) in [5.74, 6) is 0.621. The number of nitrogens with zero attached hydrogens (tertiary/aromatic N) is 4. The third-order valence-corrected chi connectivity index (χ3v) is 4.92. The molecule has 1 atom stereocenters. The fourth-order valence-electron chi connectivity index (χ4n) is 3.34. The highest BCUT2D eigenvalue weighted by molar-refractivity contribution is 6.03. The molecule has 0 aliphatic carbocycles. The molecule has 10 heteroatoms. The number of carbonyl (C=O) groups is 1. The van der Waals surface area contributed by atoms with Gasteiger partial charge in [-0.05, 0) is 37.6 Å². The molecule has 154 valence electrons. The van der Waals surface area contributed by atoms with Crippen molar-refractivity contribution in [2.75, 3.05) is 0 Å². The lowest BCUT2D eigenvalue weighted by molar-refractivity contribution is 0.0930. The molecule has 1 aromatic carbocycles. The number of aromatic amines is 2. The van der Waals surface area contributed by atoms with Gasteiger partial charge in [0, 0.05) is 17.5 Å². The van der Waals surface area contributed by atoms with Crippen LogP contribution in [0.15, 0.2) is 52.0 Å². The van der Waals surface area contributed by atoms with Gasteiger partial charge in [0.1, 0.15) is 23.4 Å². The summed E-state index contributed by atoms with van der Waals surface area (Å²) in [5, 5.41) is 7.36. The molecule has 1 amide bonds. The second-order valence-corrected chi connectivity index (χ2v) is 7.22. The lowest BCUT2D eigenvalue weighted by Gasteiger charge is -2.11. The number of carbonyl (C=O) groups excluding carboxylic acids is 1. The lowest BCUT2D eigenvalue weighted by Crippen LogP contribution is -2.27. The quantitative estimate of drug-likeness (QED) is 0.409. The number of rotatable bonds is 4. The topological polar surface area (TPSA) is 142 Å². The van der Waals surface area contributed by atoms with Gasteiger partial charge in [-0.1, -0.05) is 11.2 Å². The molecular formula is C21H17N7O3. The number of nitrogens with one attached hydrogen (secondary N) is 3. The number of pyridine rings is 1. The van der Waals surface area contributed by atoms with E-state index in [1.54, 1.807) is 13.0 Å². The molecule has 0 bridgehead atoms. The van der Waals surface area contributed by atoms with E-state index in [1.165, 1.54) is 18.5 Å². The fourth-order valence-corrected chi connectivity index (χ4v) is 3.34. The predicted molar refractivity (Wildman–Crippen MR) is 112 cm³/mol. The Morgan fingerprint density at radius 3 is 2.87 bits per heavy atom. The highest BCUT2D eigenvalue weighted by Crippen LogP contribution is 2.24. The van der Waals surface area contributed by atoms with E-state index in [2.05, 4.69) is 35.4 Å². The third-order valence-electron chi connectivity index (χ3n) is 4.92. The van der Waals surface area contributed by atoms with Crippen molar-refractivity contribution in [1.29, 1.82) is 0 Å². The number of hydrogen-bond acceptors (Lipinski definition) is 7. The Morgan fingerprint density at radius 1 is 1.13 bits per heavy atom. The minimum Gasteiger partial charge on any atom is -0.358 e. The maximum absolute atomic E-state index is 12.8. The number of aryl methyl sites for hydroxylation is 1. The number of fused-ring (bicyclic) bond motifs is 2. The molecule has 0 fully saturated rings. The zero-order valence-electron chi connectivity index (χ0n) is 16.6. The van der Waals surface area contributed by atoms with Crippen molar-refractivity contribution in [2.24, 2.45) is 0 Å². The van der Waals surface area contributed by atoms with E-state index in [-0.39, 0.29) is 11.3 Å². The molecule has 4 aromatic heterocycles. The maximum Gasteiger partial charge on any atom is 0.271 e. The van der Waals surface area contributed by atoms with Gasteiger partial charge in [0.25, 0.3) is 5.91 Å². The summed E-state index contributed by atoms with van der Waals surface area (Å²) in [5.41, 5.74) is 3.55. The first kappa shape index (κ1) is 18.7. The summed E-state index contributed by atoms with van der Waals surface area (Å²) < 4.78 is 5.44. The molecule has 0 radical (unpaired) electrons. The van der Waals surface area contributed by atoms with Crippen molar-refractivity contribution in [3.05, 3.63) is 70.1 Å². The van der Waals surface area contributed by atoms with Crippen molar-refractivity contribution < 1.29 is 9.32 Å². The highest BCUT2D eigenvalue weighted by Gasteiger charge is 2.20. The minimum absolute atomic E-state index is 0.153. The average Bonchev–Trinajstić information content (AvgIpc) is 3.39. The van der Waals surface area contributed by atoms with Crippen molar-refractivity contribution in [3.8, 4) is 11.5 Å². The van der Waals surface area contributed by atoms with E-state index >= 15 is 0 Å². The summed E-state index contributed by atoms with van der Waals surface area (Å²) in [6.45, 7) is 3.78. The molecule has 0 aliphatic heterocycles. The molecule has 31 heavy (non-hydrogen) atoms. The number of imidazole rings is 1. The zero-order chi connectivity index (χ0) is 21.5. The fraction of sp³-hybridized carbons (Fsp3) is 0.143. The second kappa shape index (κ2) is 7.17. The van der Waals surface area contributed by atoms with Gasteiger partial charge in [-0.3, -0.25) is 9.59 Å². The Kier molecular flexibility index (Phi) is 4.32.